The Morgan fingerprint density at radius 2 is 2.22 bits per heavy atom. The molecule has 0 saturated heterocycles. The number of aromatic nitrogens is 1. The first-order chi connectivity index (χ1) is 8.66. The van der Waals surface area contributed by atoms with E-state index in [1.54, 1.807) is 6.20 Å². The summed E-state index contributed by atoms with van der Waals surface area (Å²) in [4.78, 5) is 4.40. The molecule has 0 radical (unpaired) electrons. The predicted molar refractivity (Wildman–Crippen MR) is 74.7 cm³/mol. The maximum absolute atomic E-state index is 9.00. The molecular formula is C13H13BrClN3. The summed E-state index contributed by atoms with van der Waals surface area (Å²) in [6.07, 6.45) is 5.70. The van der Waals surface area contributed by atoms with E-state index >= 15 is 0 Å². The van der Waals surface area contributed by atoms with Gasteiger partial charge in [-0.05, 0) is 41.6 Å². The Morgan fingerprint density at radius 3 is 2.89 bits per heavy atom. The van der Waals surface area contributed by atoms with Crippen molar-refractivity contribution in [3.8, 4) is 6.07 Å². The van der Waals surface area contributed by atoms with Crippen molar-refractivity contribution in [1.29, 1.82) is 5.26 Å². The quantitative estimate of drug-likeness (QED) is 0.787. The van der Waals surface area contributed by atoms with E-state index in [4.69, 9.17) is 16.9 Å². The van der Waals surface area contributed by atoms with Gasteiger partial charge in [0.25, 0.3) is 0 Å². The molecule has 1 aliphatic heterocycles. The summed E-state index contributed by atoms with van der Waals surface area (Å²) < 4.78 is 0.855. The molecule has 1 spiro atoms. The normalized spacial score (nSPS) is 29.7. The number of rotatable bonds is 0. The predicted octanol–water partition coefficient (Wildman–Crippen LogP) is 3.87. The van der Waals surface area contributed by atoms with Gasteiger partial charge in [-0.3, -0.25) is 0 Å². The number of pyridine rings is 1. The third kappa shape index (κ3) is 1.72. The van der Waals surface area contributed by atoms with Crippen LogP contribution in [0.3, 0.4) is 0 Å². The van der Waals surface area contributed by atoms with E-state index in [-0.39, 0.29) is 11.3 Å². The van der Waals surface area contributed by atoms with Gasteiger partial charge in [-0.15, -0.1) is 0 Å². The average molecular weight is 327 g/mol. The molecule has 1 aliphatic carbocycles. The van der Waals surface area contributed by atoms with Crippen LogP contribution in [0.2, 0.25) is 5.02 Å². The second-order valence-electron chi connectivity index (χ2n) is 5.18. The van der Waals surface area contributed by atoms with Crippen LogP contribution >= 0.6 is 27.5 Å². The van der Waals surface area contributed by atoms with Crippen molar-refractivity contribution in [2.24, 2.45) is 5.92 Å². The van der Waals surface area contributed by atoms with Gasteiger partial charge >= 0.3 is 0 Å². The minimum absolute atomic E-state index is 0.0799. The summed E-state index contributed by atoms with van der Waals surface area (Å²) >= 11 is 9.89. The van der Waals surface area contributed by atoms with E-state index in [0.29, 0.717) is 0 Å². The lowest BCUT2D eigenvalue weighted by Gasteiger charge is -2.35. The highest BCUT2D eigenvalue weighted by Crippen LogP contribution is 2.50. The van der Waals surface area contributed by atoms with Crippen LogP contribution in [0.25, 0.3) is 0 Å². The van der Waals surface area contributed by atoms with Crippen LogP contribution in [0, 0.1) is 17.2 Å². The minimum Gasteiger partial charge on any atom is -0.369 e. The van der Waals surface area contributed by atoms with E-state index < -0.39 is 0 Å². The Morgan fingerprint density at radius 1 is 1.50 bits per heavy atom. The van der Waals surface area contributed by atoms with Crippen LogP contribution in [-0.2, 0) is 5.41 Å². The van der Waals surface area contributed by atoms with Crippen molar-refractivity contribution in [3.05, 3.63) is 21.3 Å². The molecule has 1 saturated carbocycles. The van der Waals surface area contributed by atoms with Crippen LogP contribution in [0.4, 0.5) is 5.82 Å². The van der Waals surface area contributed by atoms with Crippen LogP contribution in [0.15, 0.2) is 10.7 Å². The van der Waals surface area contributed by atoms with Gasteiger partial charge < -0.3 is 5.32 Å². The maximum atomic E-state index is 9.00. The zero-order valence-electron chi connectivity index (χ0n) is 9.84. The first-order valence-electron chi connectivity index (χ1n) is 6.14. The molecule has 94 valence electrons. The number of anilines is 1. The lowest BCUT2D eigenvalue weighted by Crippen LogP contribution is -2.33. The third-order valence-electron chi connectivity index (χ3n) is 4.22. The Bertz CT molecular complexity index is 530. The van der Waals surface area contributed by atoms with Crippen molar-refractivity contribution in [1.82, 2.24) is 4.98 Å². The molecule has 3 rings (SSSR count). The van der Waals surface area contributed by atoms with Crippen molar-refractivity contribution < 1.29 is 0 Å². The second-order valence-corrected chi connectivity index (χ2v) is 6.41. The number of fused-ring (bicyclic) bond motifs is 2. The van der Waals surface area contributed by atoms with Crippen LogP contribution in [-0.4, -0.2) is 11.5 Å². The molecule has 5 heteroatoms. The van der Waals surface area contributed by atoms with Crippen LogP contribution in [0.1, 0.15) is 31.2 Å². The lowest BCUT2D eigenvalue weighted by molar-refractivity contribution is 0.282. The molecule has 2 heterocycles. The zero-order chi connectivity index (χ0) is 12.8. The fourth-order valence-corrected chi connectivity index (χ4v) is 3.79. The molecule has 0 amide bonds. The summed E-state index contributed by atoms with van der Waals surface area (Å²) in [6, 6.07) is 2.38. The Hall–Kier alpha value is -0.790. The highest BCUT2D eigenvalue weighted by Gasteiger charge is 2.44. The average Bonchev–Trinajstić information content (AvgIpc) is 2.75. The maximum Gasteiger partial charge on any atom is 0.131 e. The topological polar surface area (TPSA) is 48.7 Å². The van der Waals surface area contributed by atoms with Crippen molar-refractivity contribution in [2.75, 3.05) is 11.9 Å². The molecule has 1 aromatic heterocycles. The summed E-state index contributed by atoms with van der Waals surface area (Å²) in [6.45, 7) is 0.893. The molecule has 1 N–H and O–H groups in total. The van der Waals surface area contributed by atoms with E-state index in [0.717, 1.165) is 53.1 Å². The summed E-state index contributed by atoms with van der Waals surface area (Å²) in [5.74, 6) is 1.12. The Balaban J connectivity index is 2.00. The second kappa shape index (κ2) is 4.40. The number of hydrogen-bond donors (Lipinski definition) is 1. The molecule has 3 nitrogen and oxygen atoms in total. The van der Waals surface area contributed by atoms with Gasteiger partial charge in [0.05, 0.1) is 15.6 Å². The molecule has 0 bridgehead atoms. The monoisotopic (exact) mass is 325 g/mol. The first kappa shape index (κ1) is 12.3. The molecular weight excluding hydrogens is 314 g/mol. The molecule has 0 unspecified atom stereocenters. The molecule has 0 aromatic carbocycles. The largest absolute Gasteiger partial charge is 0.369 e. The SMILES string of the molecule is N#CC1CCC2(CC1)CNc1ncc(Br)c(Cl)c12. The number of nitrogens with zero attached hydrogens (tertiary/aromatic N) is 2. The fraction of sp³-hybridized carbons (Fsp3) is 0.538. The van der Waals surface area contributed by atoms with Gasteiger partial charge in [-0.1, -0.05) is 11.6 Å². The van der Waals surface area contributed by atoms with Crippen molar-refractivity contribution in [3.63, 3.8) is 0 Å². The van der Waals surface area contributed by atoms with Crippen LogP contribution in [0.5, 0.6) is 0 Å². The fourth-order valence-electron chi connectivity index (χ4n) is 3.15. The van der Waals surface area contributed by atoms with Crippen LogP contribution < -0.4 is 5.32 Å². The third-order valence-corrected chi connectivity index (χ3v) is 5.44. The zero-order valence-corrected chi connectivity index (χ0v) is 12.2. The number of hydrogen-bond acceptors (Lipinski definition) is 3. The molecule has 2 aliphatic rings. The molecule has 1 aromatic rings. The highest BCUT2D eigenvalue weighted by molar-refractivity contribution is 9.10. The van der Waals surface area contributed by atoms with Gasteiger partial charge in [0.15, 0.2) is 0 Å². The summed E-state index contributed by atoms with van der Waals surface area (Å²) in [5.41, 5.74) is 1.23. The summed E-state index contributed by atoms with van der Waals surface area (Å²) in [5, 5.41) is 13.1. The van der Waals surface area contributed by atoms with Gasteiger partial charge in [0, 0.05) is 29.6 Å². The van der Waals surface area contributed by atoms with E-state index in [1.165, 1.54) is 0 Å². The first-order valence-corrected chi connectivity index (χ1v) is 7.31. The Kier molecular flexibility index (Phi) is 2.99. The molecule has 0 atom stereocenters. The minimum atomic E-state index is 0.0799. The van der Waals surface area contributed by atoms with E-state index in [2.05, 4.69) is 32.3 Å². The lowest BCUT2D eigenvalue weighted by atomic mass is 9.68. The molecule has 1 fully saturated rings. The van der Waals surface area contributed by atoms with Crippen molar-refractivity contribution in [2.45, 2.75) is 31.1 Å². The summed E-state index contributed by atoms with van der Waals surface area (Å²) in [7, 11) is 0. The molecule has 18 heavy (non-hydrogen) atoms. The number of nitrogens with one attached hydrogen (secondary N) is 1. The number of halogens is 2. The van der Waals surface area contributed by atoms with Crippen molar-refractivity contribution >= 4 is 33.3 Å². The number of nitriles is 1. The standard InChI is InChI=1S/C13H13BrClN3/c14-9-6-17-12-10(11(9)15)13(7-18-12)3-1-8(5-16)2-4-13/h6,8H,1-4,7H2,(H,17,18). The Labute approximate surface area is 120 Å². The smallest absolute Gasteiger partial charge is 0.131 e. The van der Waals surface area contributed by atoms with E-state index in [1.807, 2.05) is 0 Å². The van der Waals surface area contributed by atoms with E-state index in [9.17, 15) is 0 Å². The van der Waals surface area contributed by atoms with Gasteiger partial charge in [0.1, 0.15) is 5.82 Å². The van der Waals surface area contributed by atoms with Gasteiger partial charge in [-0.2, -0.15) is 5.26 Å². The van der Waals surface area contributed by atoms with Gasteiger partial charge in [0.2, 0.25) is 0 Å². The van der Waals surface area contributed by atoms with Gasteiger partial charge in [-0.25, -0.2) is 4.98 Å². The highest BCUT2D eigenvalue weighted by atomic mass is 79.9.